The molecule has 1 amide bonds. The van der Waals surface area contributed by atoms with Crippen molar-refractivity contribution in [2.75, 3.05) is 46.2 Å². The number of hydrogen-bond acceptors (Lipinski definition) is 13. The Hall–Kier alpha value is -2.15. The van der Waals surface area contributed by atoms with E-state index in [0.29, 0.717) is 5.56 Å². The van der Waals surface area contributed by atoms with Gasteiger partial charge in [-0.25, -0.2) is 4.79 Å². The second kappa shape index (κ2) is 17.0. The Bertz CT molecular complexity index is 1300. The Morgan fingerprint density at radius 2 is 1.13 bits per heavy atom. The zero-order valence-electron chi connectivity index (χ0n) is 26.6. The number of amides is 1. The number of aliphatic carboxylic acids is 3. The van der Waals surface area contributed by atoms with Crippen LogP contribution in [-0.4, -0.2) is 105 Å². The molecule has 1 aromatic rings. The molecule has 47 heavy (non-hydrogen) atoms. The maximum absolute atomic E-state index is 13.7. The number of carboxylic acid groups (broad SMARTS) is 3. The summed E-state index contributed by atoms with van der Waals surface area (Å²) >= 11 is 6.35. The molecule has 13 nitrogen and oxygen atoms in total. The number of hydrogen-bond donors (Lipinski definition) is 4. The first-order chi connectivity index (χ1) is 21.9. The molecule has 17 heteroatoms. The molecule has 0 bridgehead atoms. The van der Waals surface area contributed by atoms with Crippen LogP contribution in [0.25, 0.3) is 0 Å². The van der Waals surface area contributed by atoms with Gasteiger partial charge in [0.25, 0.3) is 5.91 Å². The van der Waals surface area contributed by atoms with E-state index >= 15 is 0 Å². The number of nitrogens with one attached hydrogen (secondary N) is 1. The second-order valence-electron chi connectivity index (χ2n) is 11.7. The third kappa shape index (κ3) is 11.7. The van der Waals surface area contributed by atoms with Gasteiger partial charge in [0.05, 0.1) is 71.6 Å². The molecule has 0 unspecified atom stereocenters. The van der Waals surface area contributed by atoms with Gasteiger partial charge in [0.15, 0.2) is 6.61 Å². The fourth-order valence-corrected chi connectivity index (χ4v) is 10.3. The minimum Gasteiger partial charge on any atom is -0.481 e. The Morgan fingerprint density at radius 3 is 1.57 bits per heavy atom. The zero-order chi connectivity index (χ0) is 35.0. The number of carboxylic acids is 3. The first-order valence-electron chi connectivity index (χ1n) is 14.6. The van der Waals surface area contributed by atoms with E-state index in [4.69, 9.17) is 34.3 Å². The highest BCUT2D eigenvalue weighted by atomic mass is 32.2. The van der Waals surface area contributed by atoms with E-state index in [9.17, 15) is 24.0 Å². The number of carbonyl (C=O) groups excluding carboxylic acids is 2. The van der Waals surface area contributed by atoms with Crippen molar-refractivity contribution in [3.05, 3.63) is 18.1 Å². The van der Waals surface area contributed by atoms with Crippen LogP contribution in [0.2, 0.25) is 0 Å². The van der Waals surface area contributed by atoms with Crippen molar-refractivity contribution in [1.82, 2.24) is 5.32 Å². The van der Waals surface area contributed by atoms with Crippen LogP contribution >= 0.6 is 47.0 Å². The third-order valence-electron chi connectivity index (χ3n) is 6.61. The van der Waals surface area contributed by atoms with Crippen LogP contribution in [0.3, 0.4) is 0 Å². The van der Waals surface area contributed by atoms with Gasteiger partial charge in [0.2, 0.25) is 0 Å². The van der Waals surface area contributed by atoms with E-state index in [1.165, 1.54) is 0 Å². The Labute approximate surface area is 290 Å². The highest BCUT2D eigenvalue weighted by molar-refractivity contribution is 8.21. The summed E-state index contributed by atoms with van der Waals surface area (Å²) in [6.45, 7) is 10.9. The number of carbonyl (C=O) groups is 5. The standard InChI is InChI=1S/C30H40NO12S4/c1-17-23-25(46-28(2,3)44-23)22(26-24(17)45-29(4,5)47-26)27(39)43-14-18(32)31-30(15-41-11-7-20(35)36,16-42-12-8-21(37)38)9-13-40-10-6-19(33)34/h1,6-16H2,2-5H3,(H,31,32)(H,33,34)(H,35,36)(H,37,38). The monoisotopic (exact) mass is 734 g/mol. The van der Waals surface area contributed by atoms with Crippen molar-refractivity contribution in [2.45, 2.75) is 86.7 Å². The van der Waals surface area contributed by atoms with Gasteiger partial charge in [-0.1, -0.05) is 0 Å². The fourth-order valence-electron chi connectivity index (χ4n) is 4.57. The summed E-state index contributed by atoms with van der Waals surface area (Å²) in [5.41, 5.74) is -0.0838. The quantitative estimate of drug-likeness (QED) is 0.107. The predicted molar refractivity (Wildman–Crippen MR) is 177 cm³/mol. The molecule has 1 radical (unpaired) electrons. The molecule has 1 aromatic carbocycles. The van der Waals surface area contributed by atoms with Crippen LogP contribution in [0, 0.1) is 6.92 Å². The van der Waals surface area contributed by atoms with Crippen molar-refractivity contribution in [3.8, 4) is 0 Å². The van der Waals surface area contributed by atoms with Gasteiger partial charge in [-0.05, 0) is 46.6 Å². The molecule has 3 rings (SSSR count). The Morgan fingerprint density at radius 1 is 0.702 bits per heavy atom. The van der Waals surface area contributed by atoms with Crippen LogP contribution in [0.1, 0.15) is 69.3 Å². The number of fused-ring (bicyclic) bond motifs is 2. The number of rotatable bonds is 20. The minimum atomic E-state index is -1.35. The van der Waals surface area contributed by atoms with Gasteiger partial charge < -0.3 is 39.6 Å². The van der Waals surface area contributed by atoms with Crippen molar-refractivity contribution in [3.63, 3.8) is 0 Å². The van der Waals surface area contributed by atoms with Crippen LogP contribution in [0.15, 0.2) is 19.6 Å². The molecular weight excluding hydrogens is 695 g/mol. The van der Waals surface area contributed by atoms with Crippen molar-refractivity contribution < 1.29 is 58.2 Å². The van der Waals surface area contributed by atoms with Crippen molar-refractivity contribution in [1.29, 1.82) is 0 Å². The Balaban J connectivity index is 1.80. The van der Waals surface area contributed by atoms with Gasteiger partial charge in [-0.2, -0.15) is 0 Å². The largest absolute Gasteiger partial charge is 0.481 e. The number of ether oxygens (including phenoxy) is 4. The van der Waals surface area contributed by atoms with Crippen LogP contribution in [-0.2, 0) is 38.1 Å². The van der Waals surface area contributed by atoms with E-state index in [1.54, 1.807) is 47.0 Å². The molecule has 0 fully saturated rings. The van der Waals surface area contributed by atoms with Gasteiger partial charge >= 0.3 is 23.9 Å². The number of thioether (sulfide) groups is 4. The third-order valence-corrected chi connectivity index (χ3v) is 12.4. The summed E-state index contributed by atoms with van der Waals surface area (Å²) in [5, 5.41) is 29.7. The molecule has 0 saturated heterocycles. The average molecular weight is 735 g/mol. The normalized spacial score (nSPS) is 15.9. The molecule has 2 heterocycles. The summed E-state index contributed by atoms with van der Waals surface area (Å²) in [4.78, 5) is 63.3. The number of esters is 1. The summed E-state index contributed by atoms with van der Waals surface area (Å²) in [6.07, 6.45) is -0.830. The molecule has 0 atom stereocenters. The van der Waals surface area contributed by atoms with E-state index < -0.39 is 41.9 Å². The van der Waals surface area contributed by atoms with E-state index in [0.717, 1.165) is 25.1 Å². The maximum atomic E-state index is 13.7. The molecular formula is C30H40NO12S4. The van der Waals surface area contributed by atoms with E-state index in [2.05, 4.69) is 39.9 Å². The highest BCUT2D eigenvalue weighted by Gasteiger charge is 2.43. The number of benzene rings is 1. The van der Waals surface area contributed by atoms with E-state index in [1.807, 2.05) is 0 Å². The molecule has 0 spiro atoms. The second-order valence-corrected chi connectivity index (χ2v) is 18.7. The SMILES string of the molecule is [CH2]c1c2c(c(C(=O)OCC(=O)NC(CCOCCC(=O)O)(COCCC(=O)O)COCCC(=O)O)c3c1SC(C)(C)S3)SC(C)(C)S2. The van der Waals surface area contributed by atoms with Gasteiger partial charge in [0.1, 0.15) is 0 Å². The average Bonchev–Trinajstić information content (AvgIpc) is 3.46. The zero-order valence-corrected chi connectivity index (χ0v) is 29.9. The summed E-state index contributed by atoms with van der Waals surface area (Å²) < 4.78 is 21.7. The lowest BCUT2D eigenvalue weighted by molar-refractivity contribution is -0.140. The lowest BCUT2D eigenvalue weighted by Gasteiger charge is -2.34. The van der Waals surface area contributed by atoms with E-state index in [-0.39, 0.29) is 73.5 Å². The maximum Gasteiger partial charge on any atom is 0.341 e. The molecule has 0 aromatic heterocycles. The van der Waals surface area contributed by atoms with Crippen molar-refractivity contribution >= 4 is 76.8 Å². The summed E-state index contributed by atoms with van der Waals surface area (Å²) in [7, 11) is 0. The van der Waals surface area contributed by atoms with Gasteiger partial charge in [0, 0.05) is 26.2 Å². The lowest BCUT2D eigenvalue weighted by atomic mass is 9.97. The van der Waals surface area contributed by atoms with Crippen LogP contribution < -0.4 is 5.32 Å². The molecule has 0 saturated carbocycles. The molecule has 2 aliphatic rings. The minimum absolute atomic E-state index is 0.0321. The van der Waals surface area contributed by atoms with Crippen molar-refractivity contribution in [2.24, 2.45) is 0 Å². The molecule has 261 valence electrons. The fraction of sp³-hybridized carbons (Fsp3) is 0.600. The topological polar surface area (TPSA) is 195 Å². The first kappa shape index (κ1) is 39.3. The summed E-state index contributed by atoms with van der Waals surface area (Å²) in [6, 6.07) is 0. The van der Waals surface area contributed by atoms with Crippen LogP contribution in [0.4, 0.5) is 0 Å². The first-order valence-corrected chi connectivity index (χ1v) is 17.9. The molecule has 0 aliphatic carbocycles. The lowest BCUT2D eigenvalue weighted by Crippen LogP contribution is -2.57. The Kier molecular flexibility index (Phi) is 14.2. The molecule has 2 aliphatic heterocycles. The predicted octanol–water partition coefficient (Wildman–Crippen LogP) is 4.61. The smallest absolute Gasteiger partial charge is 0.341 e. The van der Waals surface area contributed by atoms with Gasteiger partial charge in [-0.3, -0.25) is 19.2 Å². The molecule has 4 N–H and O–H groups in total. The highest BCUT2D eigenvalue weighted by Crippen LogP contribution is 2.65. The summed E-state index contributed by atoms with van der Waals surface area (Å²) in [5.74, 6) is -4.61. The van der Waals surface area contributed by atoms with Gasteiger partial charge in [-0.15, -0.1) is 47.0 Å². The van der Waals surface area contributed by atoms with Crippen LogP contribution in [0.5, 0.6) is 0 Å².